The van der Waals surface area contributed by atoms with Gasteiger partial charge in [0.2, 0.25) is 21.8 Å². The molecule has 194 valence electrons. The average Bonchev–Trinajstić information content (AvgIpc) is 3.25. The lowest BCUT2D eigenvalue weighted by molar-refractivity contribution is -0.113. The summed E-state index contributed by atoms with van der Waals surface area (Å²) in [6.45, 7) is -0.330. The molecule has 0 unspecified atom stereocenters. The quantitative estimate of drug-likeness (QED) is 0.379. The van der Waals surface area contributed by atoms with Gasteiger partial charge in [0.1, 0.15) is 6.10 Å². The van der Waals surface area contributed by atoms with Crippen molar-refractivity contribution in [2.24, 2.45) is 0 Å². The molecule has 2 amide bonds. The van der Waals surface area contributed by atoms with Crippen molar-refractivity contribution < 1.29 is 32.6 Å². The van der Waals surface area contributed by atoms with Crippen molar-refractivity contribution in [3.63, 3.8) is 0 Å². The lowest BCUT2D eigenvalue weighted by atomic mass is 10.1. The largest absolute Gasteiger partial charge is 0.481 e. The van der Waals surface area contributed by atoms with Crippen LogP contribution >= 0.6 is 11.8 Å². The van der Waals surface area contributed by atoms with Crippen LogP contribution in [0.15, 0.2) is 52.4 Å². The fourth-order valence-electron chi connectivity index (χ4n) is 4.06. The molecule has 1 aromatic carbocycles. The number of β-amino-alcohol motifs (C(OH)–C–C–N with tert-alkyl or cyclic N) is 1. The van der Waals surface area contributed by atoms with Gasteiger partial charge in [-0.05, 0) is 30.3 Å². The van der Waals surface area contributed by atoms with Gasteiger partial charge >= 0.3 is 6.09 Å². The highest BCUT2D eigenvalue weighted by Crippen LogP contribution is 2.33. The Labute approximate surface area is 216 Å². The second-order valence-corrected chi connectivity index (χ2v) is 11.2. The summed E-state index contributed by atoms with van der Waals surface area (Å²) in [6.07, 6.45) is -0.884. The molecule has 2 aliphatic rings. The third-order valence-electron chi connectivity index (χ3n) is 5.87. The molecule has 14 heteroatoms. The van der Waals surface area contributed by atoms with Crippen molar-refractivity contribution in [3.8, 4) is 5.88 Å². The fraction of sp³-hybridized carbons (Fsp3) is 0.304. The maximum absolute atomic E-state index is 12.7. The molecule has 0 saturated carbocycles. The number of amides is 2. The highest BCUT2D eigenvalue weighted by molar-refractivity contribution is 8.00. The summed E-state index contributed by atoms with van der Waals surface area (Å²) in [5, 5.41) is 13.1. The van der Waals surface area contributed by atoms with Crippen molar-refractivity contribution in [1.29, 1.82) is 0 Å². The van der Waals surface area contributed by atoms with E-state index < -0.39 is 28.3 Å². The van der Waals surface area contributed by atoms with E-state index in [1.807, 2.05) is 0 Å². The summed E-state index contributed by atoms with van der Waals surface area (Å²) in [4.78, 5) is 34.8. The Morgan fingerprint density at radius 2 is 2.14 bits per heavy atom. The number of pyridine rings is 2. The zero-order chi connectivity index (χ0) is 26.2. The van der Waals surface area contributed by atoms with Gasteiger partial charge in [0, 0.05) is 29.3 Å². The minimum absolute atomic E-state index is 0.0469. The Hall–Kier alpha value is -3.46. The number of sulfonamides is 1. The number of aromatic nitrogens is 2. The number of nitrogens with one attached hydrogen (secondary N) is 2. The Bertz CT molecular complexity index is 1480. The summed E-state index contributed by atoms with van der Waals surface area (Å²) in [7, 11) is -2.47. The normalized spacial score (nSPS) is 18.3. The minimum atomic E-state index is -3.97. The fourth-order valence-corrected chi connectivity index (χ4v) is 5.94. The van der Waals surface area contributed by atoms with Crippen molar-refractivity contribution >= 4 is 50.5 Å². The summed E-state index contributed by atoms with van der Waals surface area (Å²) >= 11 is 1.32. The van der Waals surface area contributed by atoms with Crippen LogP contribution < -0.4 is 14.8 Å². The number of fused-ring (bicyclic) bond motifs is 2. The van der Waals surface area contributed by atoms with Crippen molar-refractivity contribution in [1.82, 2.24) is 19.6 Å². The molecule has 1 saturated heterocycles. The van der Waals surface area contributed by atoms with Crippen LogP contribution in [-0.2, 0) is 19.6 Å². The van der Waals surface area contributed by atoms with Gasteiger partial charge in [0.05, 0.1) is 53.7 Å². The van der Waals surface area contributed by atoms with Crippen molar-refractivity contribution in [2.45, 2.75) is 22.0 Å². The first kappa shape index (κ1) is 25.2. The van der Waals surface area contributed by atoms with Crippen molar-refractivity contribution in [2.75, 3.05) is 37.8 Å². The molecule has 2 aromatic heterocycles. The monoisotopic (exact) mass is 545 g/mol. The van der Waals surface area contributed by atoms with E-state index in [1.54, 1.807) is 30.5 Å². The first-order valence-corrected chi connectivity index (χ1v) is 13.7. The number of carbonyl (C=O) groups is 2. The Morgan fingerprint density at radius 3 is 2.95 bits per heavy atom. The van der Waals surface area contributed by atoms with Crippen LogP contribution in [-0.4, -0.2) is 79.0 Å². The zero-order valence-corrected chi connectivity index (χ0v) is 21.2. The Balaban J connectivity index is 1.22. The molecular formula is C23H23N5O7S2. The van der Waals surface area contributed by atoms with E-state index in [0.29, 0.717) is 28.2 Å². The van der Waals surface area contributed by atoms with Gasteiger partial charge in [-0.2, -0.15) is 0 Å². The molecule has 5 rings (SSSR count). The Morgan fingerprint density at radius 1 is 1.30 bits per heavy atom. The van der Waals surface area contributed by atoms with E-state index in [9.17, 15) is 23.1 Å². The maximum atomic E-state index is 12.7. The number of carbonyl (C=O) groups excluding carboxylic acids is 2. The van der Waals surface area contributed by atoms with Gasteiger partial charge in [0.25, 0.3) is 0 Å². The summed E-state index contributed by atoms with van der Waals surface area (Å²) in [5.41, 5.74) is 2.22. The van der Waals surface area contributed by atoms with Gasteiger partial charge < -0.3 is 24.8 Å². The molecule has 0 radical (unpaired) electrons. The maximum Gasteiger partial charge on any atom is 0.410 e. The van der Waals surface area contributed by atoms with Crippen LogP contribution in [0.4, 0.5) is 10.5 Å². The number of aliphatic hydroxyl groups excluding tert-OH is 1. The summed E-state index contributed by atoms with van der Waals surface area (Å²) < 4.78 is 38.6. The molecule has 2 atom stereocenters. The summed E-state index contributed by atoms with van der Waals surface area (Å²) in [6, 6.07) is 9.58. The van der Waals surface area contributed by atoms with E-state index in [2.05, 4.69) is 20.0 Å². The number of aliphatic hydroxyl groups is 1. The SMILES string of the molecule is COc1ccc2nccc([C@@H]3CN(C[C@H](O)CNS(=O)(=O)c4ccc5c(c4)NC(=O)CS5)C(=O)O3)c2n1. The third kappa shape index (κ3) is 5.32. The number of rotatable bonds is 8. The highest BCUT2D eigenvalue weighted by Gasteiger charge is 2.35. The third-order valence-corrected chi connectivity index (χ3v) is 8.36. The molecule has 1 fully saturated rings. The van der Waals surface area contributed by atoms with Crippen LogP contribution in [0.1, 0.15) is 11.7 Å². The van der Waals surface area contributed by atoms with Gasteiger partial charge in [0.15, 0.2) is 0 Å². The molecular weight excluding hydrogens is 522 g/mol. The second-order valence-electron chi connectivity index (χ2n) is 8.40. The number of hydrogen-bond acceptors (Lipinski definition) is 10. The number of thioether (sulfide) groups is 1. The number of benzene rings is 1. The Kier molecular flexibility index (Phi) is 6.90. The van der Waals surface area contributed by atoms with Crippen LogP contribution in [0.3, 0.4) is 0 Å². The first-order chi connectivity index (χ1) is 17.7. The molecule has 3 aromatic rings. The van der Waals surface area contributed by atoms with E-state index in [1.165, 1.54) is 35.9 Å². The van der Waals surface area contributed by atoms with Crippen LogP contribution in [0, 0.1) is 0 Å². The molecule has 3 N–H and O–H groups in total. The van der Waals surface area contributed by atoms with Crippen LogP contribution in [0.25, 0.3) is 11.0 Å². The first-order valence-electron chi connectivity index (χ1n) is 11.2. The predicted octanol–water partition coefficient (Wildman–Crippen LogP) is 1.52. The predicted molar refractivity (Wildman–Crippen MR) is 134 cm³/mol. The second kappa shape index (κ2) is 10.1. The average molecular weight is 546 g/mol. The summed E-state index contributed by atoms with van der Waals surface area (Å²) in [5.74, 6) is 0.456. The lowest BCUT2D eigenvalue weighted by Gasteiger charge is -2.19. The number of cyclic esters (lactones) is 1. The van der Waals surface area contributed by atoms with Crippen molar-refractivity contribution in [3.05, 3.63) is 48.2 Å². The topological polar surface area (TPSA) is 160 Å². The van der Waals surface area contributed by atoms with E-state index in [4.69, 9.17) is 9.47 Å². The number of anilines is 1. The molecule has 37 heavy (non-hydrogen) atoms. The van der Waals surface area contributed by atoms with Gasteiger partial charge in [-0.25, -0.2) is 22.9 Å². The van der Waals surface area contributed by atoms with Crippen LogP contribution in [0.5, 0.6) is 5.88 Å². The molecule has 0 bridgehead atoms. The van der Waals surface area contributed by atoms with E-state index >= 15 is 0 Å². The highest BCUT2D eigenvalue weighted by atomic mass is 32.2. The molecule has 4 heterocycles. The number of nitrogens with zero attached hydrogens (tertiary/aromatic N) is 3. The molecule has 2 aliphatic heterocycles. The van der Waals surface area contributed by atoms with Gasteiger partial charge in [-0.1, -0.05) is 0 Å². The number of hydrogen-bond donors (Lipinski definition) is 3. The zero-order valence-electron chi connectivity index (χ0n) is 19.6. The van der Waals surface area contributed by atoms with Crippen LogP contribution in [0.2, 0.25) is 0 Å². The number of ether oxygens (including phenoxy) is 2. The lowest BCUT2D eigenvalue weighted by Crippen LogP contribution is -2.40. The number of methoxy groups -OCH3 is 1. The smallest absolute Gasteiger partial charge is 0.410 e. The molecule has 0 aliphatic carbocycles. The van der Waals surface area contributed by atoms with E-state index in [-0.39, 0.29) is 36.2 Å². The standard InChI is InChI=1S/C23H23N5O7S2/c1-34-21-5-3-16-22(27-21)15(6-7-24-16)18-11-28(23(31)35-18)10-13(29)9-25-37(32,33)14-2-4-19-17(8-14)26-20(30)12-36-19/h2-8,13,18,25,29H,9-12H2,1H3,(H,26,30)/t13-,18+/m1/s1. The molecule has 0 spiro atoms. The van der Waals surface area contributed by atoms with E-state index in [0.717, 1.165) is 4.90 Å². The van der Waals surface area contributed by atoms with Gasteiger partial charge in [-0.3, -0.25) is 9.78 Å². The molecule has 12 nitrogen and oxygen atoms in total. The minimum Gasteiger partial charge on any atom is -0.481 e. The van der Waals surface area contributed by atoms with Gasteiger partial charge in [-0.15, -0.1) is 11.8 Å².